The van der Waals surface area contributed by atoms with Crippen LogP contribution in [0.5, 0.6) is 5.75 Å². The molecule has 0 saturated carbocycles. The van der Waals surface area contributed by atoms with Gasteiger partial charge in [0.15, 0.2) is 0 Å². The minimum absolute atomic E-state index is 0.0663. The number of nitrogens with one attached hydrogen (secondary N) is 1. The van der Waals surface area contributed by atoms with Crippen LogP contribution in [-0.2, 0) is 17.8 Å². The van der Waals surface area contributed by atoms with Crippen LogP contribution < -0.4 is 10.1 Å². The Balaban J connectivity index is 1.75. The first-order valence-electron chi connectivity index (χ1n) is 10.4. The number of aryl methyl sites for hydroxylation is 1. The molecule has 1 heterocycles. The topological polar surface area (TPSA) is 56.2 Å². The van der Waals surface area contributed by atoms with Crippen molar-refractivity contribution >= 4 is 16.9 Å². The maximum Gasteiger partial charge on any atom is 0.219 e. The van der Waals surface area contributed by atoms with E-state index in [-0.39, 0.29) is 5.91 Å². The summed E-state index contributed by atoms with van der Waals surface area (Å²) in [7, 11) is 0. The van der Waals surface area contributed by atoms with Gasteiger partial charge in [-0.15, -0.1) is 0 Å². The van der Waals surface area contributed by atoms with Gasteiger partial charge in [-0.25, -0.2) is 4.98 Å². The van der Waals surface area contributed by atoms with Crippen molar-refractivity contribution in [1.29, 1.82) is 0 Å². The summed E-state index contributed by atoms with van der Waals surface area (Å²) in [4.78, 5) is 16.3. The zero-order valence-corrected chi connectivity index (χ0v) is 17.9. The molecular formula is C24H31N3O2. The molecule has 0 saturated heterocycles. The van der Waals surface area contributed by atoms with Gasteiger partial charge in [0.05, 0.1) is 17.6 Å². The average Bonchev–Trinajstić information content (AvgIpc) is 3.05. The Morgan fingerprint density at radius 1 is 1.21 bits per heavy atom. The molecule has 0 radical (unpaired) electrons. The highest BCUT2D eigenvalue weighted by Crippen LogP contribution is 2.27. The van der Waals surface area contributed by atoms with Gasteiger partial charge in [-0.1, -0.05) is 45.0 Å². The maximum atomic E-state index is 11.5. The molecule has 0 spiro atoms. The third kappa shape index (κ3) is 5.17. The number of carbonyl (C=O) groups is 1. The van der Waals surface area contributed by atoms with E-state index in [9.17, 15) is 4.79 Å². The van der Waals surface area contributed by atoms with Crippen molar-refractivity contribution in [2.75, 3.05) is 13.2 Å². The van der Waals surface area contributed by atoms with Crippen LogP contribution in [0.4, 0.5) is 0 Å². The van der Waals surface area contributed by atoms with Gasteiger partial charge in [0, 0.05) is 19.4 Å². The Morgan fingerprint density at radius 3 is 2.76 bits per heavy atom. The molecule has 3 rings (SSSR count). The molecule has 0 aliphatic rings. The molecule has 1 amide bonds. The van der Waals surface area contributed by atoms with Gasteiger partial charge in [-0.05, 0) is 42.2 Å². The number of amides is 1. The van der Waals surface area contributed by atoms with Crippen LogP contribution in [0.1, 0.15) is 50.1 Å². The first-order valence-corrected chi connectivity index (χ1v) is 10.4. The third-order valence-electron chi connectivity index (χ3n) is 5.09. The summed E-state index contributed by atoms with van der Waals surface area (Å²) in [6.45, 7) is 10.2. The molecule has 3 aromatic rings. The lowest BCUT2D eigenvalue weighted by atomic mass is 10.0. The van der Waals surface area contributed by atoms with E-state index in [0.717, 1.165) is 22.6 Å². The molecule has 1 aromatic heterocycles. The SMILES string of the molecule is CCC(=O)NCCc1nc2ccccc2n1CCOc1cc(C)ccc1C(C)C. The Labute approximate surface area is 173 Å². The number of imidazole rings is 1. The number of aromatic nitrogens is 2. The fourth-order valence-electron chi connectivity index (χ4n) is 3.49. The molecule has 5 heteroatoms. The monoisotopic (exact) mass is 393 g/mol. The first-order chi connectivity index (χ1) is 14.0. The molecule has 0 bridgehead atoms. The number of ether oxygens (including phenoxy) is 1. The van der Waals surface area contributed by atoms with Crippen LogP contribution in [-0.4, -0.2) is 28.6 Å². The Bertz CT molecular complexity index is 975. The highest BCUT2D eigenvalue weighted by molar-refractivity contribution is 5.76. The van der Waals surface area contributed by atoms with E-state index in [2.05, 4.69) is 54.9 Å². The van der Waals surface area contributed by atoms with E-state index in [1.807, 2.05) is 25.1 Å². The minimum atomic E-state index is 0.0663. The highest BCUT2D eigenvalue weighted by atomic mass is 16.5. The number of fused-ring (bicyclic) bond motifs is 1. The molecular weight excluding hydrogens is 362 g/mol. The number of hydrogen-bond donors (Lipinski definition) is 1. The van der Waals surface area contributed by atoms with E-state index >= 15 is 0 Å². The van der Waals surface area contributed by atoms with E-state index in [1.165, 1.54) is 11.1 Å². The number of carbonyl (C=O) groups excluding carboxylic acids is 1. The number of nitrogens with zero attached hydrogens (tertiary/aromatic N) is 2. The summed E-state index contributed by atoms with van der Waals surface area (Å²) in [6, 6.07) is 14.5. The van der Waals surface area contributed by atoms with Gasteiger partial charge < -0.3 is 14.6 Å². The molecule has 0 unspecified atom stereocenters. The molecule has 1 N–H and O–H groups in total. The van der Waals surface area contributed by atoms with E-state index in [1.54, 1.807) is 0 Å². The molecule has 5 nitrogen and oxygen atoms in total. The van der Waals surface area contributed by atoms with Crippen molar-refractivity contribution < 1.29 is 9.53 Å². The molecule has 154 valence electrons. The zero-order valence-electron chi connectivity index (χ0n) is 17.9. The summed E-state index contributed by atoms with van der Waals surface area (Å²) in [5.41, 5.74) is 4.50. The summed E-state index contributed by atoms with van der Waals surface area (Å²) in [5, 5.41) is 2.94. The second-order valence-corrected chi connectivity index (χ2v) is 7.67. The fourth-order valence-corrected chi connectivity index (χ4v) is 3.49. The lowest BCUT2D eigenvalue weighted by Gasteiger charge is -2.16. The van der Waals surface area contributed by atoms with Crippen LogP contribution in [0, 0.1) is 6.92 Å². The van der Waals surface area contributed by atoms with Gasteiger partial charge >= 0.3 is 0 Å². The molecule has 29 heavy (non-hydrogen) atoms. The van der Waals surface area contributed by atoms with Crippen LogP contribution in [0.15, 0.2) is 42.5 Å². The highest BCUT2D eigenvalue weighted by Gasteiger charge is 2.12. The van der Waals surface area contributed by atoms with Crippen LogP contribution in [0.2, 0.25) is 0 Å². The van der Waals surface area contributed by atoms with Gasteiger partial charge in [-0.2, -0.15) is 0 Å². The average molecular weight is 394 g/mol. The minimum Gasteiger partial charge on any atom is -0.491 e. The zero-order chi connectivity index (χ0) is 20.8. The van der Waals surface area contributed by atoms with Gasteiger partial charge in [-0.3, -0.25) is 4.79 Å². The van der Waals surface area contributed by atoms with E-state index < -0.39 is 0 Å². The first kappa shape index (κ1) is 20.9. The van der Waals surface area contributed by atoms with Crippen molar-refractivity contribution in [3.05, 3.63) is 59.4 Å². The van der Waals surface area contributed by atoms with Crippen molar-refractivity contribution in [2.45, 2.75) is 53.0 Å². The summed E-state index contributed by atoms with van der Waals surface area (Å²) >= 11 is 0. The lowest BCUT2D eigenvalue weighted by molar-refractivity contribution is -0.120. The Kier molecular flexibility index (Phi) is 6.91. The lowest BCUT2D eigenvalue weighted by Crippen LogP contribution is -2.25. The van der Waals surface area contributed by atoms with E-state index in [4.69, 9.17) is 9.72 Å². The second-order valence-electron chi connectivity index (χ2n) is 7.67. The number of para-hydroxylation sites is 2. The summed E-state index contributed by atoms with van der Waals surface area (Å²) in [5.74, 6) is 2.41. The molecule has 0 fully saturated rings. The largest absolute Gasteiger partial charge is 0.491 e. The van der Waals surface area contributed by atoms with Crippen LogP contribution in [0.3, 0.4) is 0 Å². The number of rotatable bonds is 9. The van der Waals surface area contributed by atoms with Crippen molar-refractivity contribution in [3.63, 3.8) is 0 Å². The van der Waals surface area contributed by atoms with Gasteiger partial charge in [0.1, 0.15) is 18.2 Å². The van der Waals surface area contributed by atoms with Gasteiger partial charge in [0.25, 0.3) is 0 Å². The van der Waals surface area contributed by atoms with Crippen molar-refractivity contribution in [2.24, 2.45) is 0 Å². The maximum absolute atomic E-state index is 11.5. The smallest absolute Gasteiger partial charge is 0.219 e. The standard InChI is InChI=1S/C24H31N3O2/c1-5-24(28)25-13-12-23-26-20-8-6-7-9-21(20)27(23)14-15-29-22-16-18(4)10-11-19(22)17(2)3/h6-11,16-17H,5,12-15H2,1-4H3,(H,25,28). The Hall–Kier alpha value is -2.82. The van der Waals surface area contributed by atoms with Gasteiger partial charge in [0.2, 0.25) is 5.91 Å². The third-order valence-corrected chi connectivity index (χ3v) is 5.09. The fraction of sp³-hybridized carbons (Fsp3) is 0.417. The van der Waals surface area contributed by atoms with Crippen molar-refractivity contribution in [3.8, 4) is 5.75 Å². The quantitative estimate of drug-likeness (QED) is 0.577. The van der Waals surface area contributed by atoms with E-state index in [0.29, 0.717) is 38.5 Å². The van der Waals surface area contributed by atoms with Crippen LogP contribution >= 0.6 is 0 Å². The number of hydrogen-bond acceptors (Lipinski definition) is 3. The molecule has 2 aromatic carbocycles. The van der Waals surface area contributed by atoms with Crippen LogP contribution in [0.25, 0.3) is 11.0 Å². The Morgan fingerprint density at radius 2 is 2.00 bits per heavy atom. The predicted molar refractivity (Wildman–Crippen MR) is 118 cm³/mol. The molecule has 0 aliphatic heterocycles. The summed E-state index contributed by atoms with van der Waals surface area (Å²) in [6.07, 6.45) is 1.20. The van der Waals surface area contributed by atoms with Crippen molar-refractivity contribution in [1.82, 2.24) is 14.9 Å². The predicted octanol–water partition coefficient (Wildman–Crippen LogP) is 4.62. The number of benzene rings is 2. The summed E-state index contributed by atoms with van der Waals surface area (Å²) < 4.78 is 8.40. The normalized spacial score (nSPS) is 11.2. The molecule has 0 atom stereocenters. The molecule has 0 aliphatic carbocycles. The second kappa shape index (κ2) is 9.59.